The molecule has 0 fully saturated rings. The van der Waals surface area contributed by atoms with E-state index in [1.807, 2.05) is 81.4 Å². The third-order valence-corrected chi connectivity index (χ3v) is 5.15. The number of nitrogens with zero attached hydrogens (tertiary/aromatic N) is 1. The topological polar surface area (TPSA) is 83.0 Å². The van der Waals surface area contributed by atoms with Crippen LogP contribution in [-0.4, -0.2) is 34.3 Å². The molecule has 2 atom stereocenters. The Bertz CT molecular complexity index is 763. The Kier molecular flexibility index (Phi) is 9.18. The summed E-state index contributed by atoms with van der Waals surface area (Å²) in [7, 11) is 0. The normalized spacial score (nSPS) is 13.8. The summed E-state index contributed by atoms with van der Waals surface area (Å²) in [4.78, 5) is 12.2. The van der Waals surface area contributed by atoms with Crippen LogP contribution in [0.15, 0.2) is 65.1 Å². The summed E-state index contributed by atoms with van der Waals surface area (Å²) in [5, 5.41) is 2.71. The summed E-state index contributed by atoms with van der Waals surface area (Å²) in [6.45, 7) is 6.25. The fourth-order valence-electron chi connectivity index (χ4n) is 2.20. The Hall–Kier alpha value is -2.35. The van der Waals surface area contributed by atoms with Gasteiger partial charge < -0.3 is 19.3 Å². The van der Waals surface area contributed by atoms with E-state index in [0.29, 0.717) is 6.61 Å². The summed E-state index contributed by atoms with van der Waals surface area (Å²) in [5.41, 5.74) is 1.91. The number of carbonyl (C=O) groups is 1. The monoisotopic (exact) mass is 416 g/mol. The predicted molar refractivity (Wildman–Crippen MR) is 116 cm³/mol. The molecule has 2 aromatic carbocycles. The largest absolute Gasteiger partial charge is 0.591 e. The van der Waals surface area contributed by atoms with Crippen LogP contribution in [0.3, 0.4) is 0 Å². The molecule has 1 N–H and O–H groups in total. The first kappa shape index (κ1) is 22.9. The summed E-state index contributed by atoms with van der Waals surface area (Å²) in [5.74, 6) is 0. The number of nitrogens with one attached hydrogen (secondary N) is 1. The molecule has 0 saturated heterocycles. The summed E-state index contributed by atoms with van der Waals surface area (Å²) in [6, 6.07) is 18.6. The van der Waals surface area contributed by atoms with Crippen LogP contribution in [0.25, 0.3) is 0 Å². The van der Waals surface area contributed by atoms with Crippen molar-refractivity contribution in [2.24, 2.45) is 4.40 Å². The molecule has 0 bridgehead atoms. The lowest BCUT2D eigenvalue weighted by Gasteiger charge is -2.19. The van der Waals surface area contributed by atoms with Gasteiger partial charge in [-0.1, -0.05) is 65.1 Å². The zero-order valence-corrected chi connectivity index (χ0v) is 17.9. The molecule has 0 aliphatic carbocycles. The van der Waals surface area contributed by atoms with Crippen LogP contribution in [0.1, 0.15) is 31.9 Å². The van der Waals surface area contributed by atoms with Crippen molar-refractivity contribution in [3.05, 3.63) is 71.8 Å². The van der Waals surface area contributed by atoms with Gasteiger partial charge in [-0.05, 0) is 31.9 Å². The molecular weight excluding hydrogens is 388 g/mol. The van der Waals surface area contributed by atoms with Crippen molar-refractivity contribution in [1.82, 2.24) is 5.32 Å². The van der Waals surface area contributed by atoms with Crippen LogP contribution < -0.4 is 5.32 Å². The van der Waals surface area contributed by atoms with Crippen molar-refractivity contribution in [2.75, 3.05) is 6.61 Å². The van der Waals surface area contributed by atoms with Gasteiger partial charge in [-0.3, -0.25) is 0 Å². The third kappa shape index (κ3) is 9.13. The molecule has 29 heavy (non-hydrogen) atoms. The number of amides is 1. The maximum atomic E-state index is 12.2. The smallest absolute Gasteiger partial charge is 0.408 e. The second kappa shape index (κ2) is 11.6. The second-order valence-corrected chi connectivity index (χ2v) is 9.36. The van der Waals surface area contributed by atoms with Gasteiger partial charge in [-0.2, -0.15) is 0 Å². The van der Waals surface area contributed by atoms with Gasteiger partial charge in [0, 0.05) is 0 Å². The molecule has 0 spiro atoms. The molecule has 7 heteroatoms. The molecule has 1 amide bonds. The van der Waals surface area contributed by atoms with Crippen LogP contribution in [0, 0.1) is 0 Å². The first-order chi connectivity index (χ1) is 13.8. The fourth-order valence-corrected chi connectivity index (χ4v) is 2.78. The molecule has 0 unspecified atom stereocenters. The van der Waals surface area contributed by atoms with Gasteiger partial charge in [-0.15, -0.1) is 0 Å². The van der Waals surface area contributed by atoms with E-state index in [0.717, 1.165) is 11.1 Å². The summed E-state index contributed by atoms with van der Waals surface area (Å²) >= 11 is -1.43. The Morgan fingerprint density at radius 1 is 1.07 bits per heavy atom. The standard InChI is InChI=1S/C22H28N2O4S/c1-22(2,3)29(26)23-14-20(17-27-15-18-10-6-4-7-11-18)24-21(25)28-16-19-12-8-5-9-13-19/h4-14,20H,15-17H2,1-3H3,(H,24,25)/t20-,29-/m1/s1. The van der Waals surface area contributed by atoms with Crippen molar-refractivity contribution in [3.63, 3.8) is 0 Å². The van der Waals surface area contributed by atoms with E-state index in [2.05, 4.69) is 9.71 Å². The molecule has 0 aromatic heterocycles. The lowest BCUT2D eigenvalue weighted by atomic mass is 10.2. The van der Waals surface area contributed by atoms with Crippen LogP contribution in [-0.2, 0) is 34.0 Å². The molecule has 2 rings (SSSR count). The van der Waals surface area contributed by atoms with Crippen molar-refractivity contribution >= 4 is 23.7 Å². The molecule has 0 saturated carbocycles. The summed E-state index contributed by atoms with van der Waals surface area (Å²) in [6.07, 6.45) is 0.867. The quantitative estimate of drug-likeness (QED) is 0.494. The van der Waals surface area contributed by atoms with Gasteiger partial charge in [0.2, 0.25) is 0 Å². The van der Waals surface area contributed by atoms with E-state index < -0.39 is 28.2 Å². The molecule has 0 radical (unpaired) electrons. The van der Waals surface area contributed by atoms with Gasteiger partial charge in [0.1, 0.15) is 22.7 Å². The molecule has 0 aliphatic rings. The Balaban J connectivity index is 1.91. The minimum atomic E-state index is -1.43. The Morgan fingerprint density at radius 3 is 2.17 bits per heavy atom. The minimum absolute atomic E-state index is 0.162. The van der Waals surface area contributed by atoms with Crippen molar-refractivity contribution < 1.29 is 18.8 Å². The van der Waals surface area contributed by atoms with E-state index in [1.54, 1.807) is 0 Å². The van der Waals surface area contributed by atoms with Crippen LogP contribution in [0.4, 0.5) is 4.79 Å². The molecule has 0 aliphatic heterocycles. The number of benzene rings is 2. The van der Waals surface area contributed by atoms with E-state index in [1.165, 1.54) is 6.21 Å². The SMILES string of the molecule is CC(C)(C)[S@@+]([O-])N=C[C@H](COCc1ccccc1)NC(=O)OCc1ccccc1. The Morgan fingerprint density at radius 2 is 1.62 bits per heavy atom. The summed E-state index contributed by atoms with van der Waals surface area (Å²) < 4.78 is 26.7. The lowest BCUT2D eigenvalue weighted by molar-refractivity contribution is 0.102. The maximum Gasteiger partial charge on any atom is 0.408 e. The zero-order chi connectivity index (χ0) is 21.1. The highest BCUT2D eigenvalue weighted by molar-refractivity contribution is 7.91. The van der Waals surface area contributed by atoms with Crippen molar-refractivity contribution in [3.8, 4) is 0 Å². The van der Waals surface area contributed by atoms with Gasteiger partial charge in [0.05, 0.1) is 25.5 Å². The van der Waals surface area contributed by atoms with E-state index >= 15 is 0 Å². The van der Waals surface area contributed by atoms with Crippen molar-refractivity contribution in [2.45, 2.75) is 44.8 Å². The van der Waals surface area contributed by atoms with Crippen LogP contribution in [0.2, 0.25) is 0 Å². The highest BCUT2D eigenvalue weighted by Crippen LogP contribution is 2.16. The third-order valence-electron chi connectivity index (χ3n) is 3.79. The molecule has 156 valence electrons. The predicted octanol–water partition coefficient (Wildman–Crippen LogP) is 4.03. The van der Waals surface area contributed by atoms with E-state index in [9.17, 15) is 9.35 Å². The van der Waals surface area contributed by atoms with Crippen LogP contribution >= 0.6 is 0 Å². The molecule has 6 nitrogen and oxygen atoms in total. The van der Waals surface area contributed by atoms with Gasteiger partial charge in [0.25, 0.3) is 0 Å². The highest BCUT2D eigenvalue weighted by atomic mass is 32.2. The van der Waals surface area contributed by atoms with E-state index in [4.69, 9.17) is 9.47 Å². The maximum absolute atomic E-state index is 12.2. The number of rotatable bonds is 9. The Labute approximate surface area is 175 Å². The lowest BCUT2D eigenvalue weighted by Crippen LogP contribution is -2.40. The van der Waals surface area contributed by atoms with Crippen LogP contribution in [0.5, 0.6) is 0 Å². The van der Waals surface area contributed by atoms with E-state index in [-0.39, 0.29) is 13.2 Å². The number of alkyl carbamates (subject to hydrolysis) is 1. The minimum Gasteiger partial charge on any atom is -0.591 e. The van der Waals surface area contributed by atoms with Gasteiger partial charge >= 0.3 is 6.09 Å². The average molecular weight is 417 g/mol. The number of hydrogen-bond donors (Lipinski definition) is 1. The first-order valence-electron chi connectivity index (χ1n) is 9.39. The number of hydrogen-bond acceptors (Lipinski definition) is 5. The average Bonchev–Trinajstić information content (AvgIpc) is 2.71. The number of ether oxygens (including phenoxy) is 2. The molecule has 0 heterocycles. The number of carbonyl (C=O) groups excluding carboxylic acids is 1. The van der Waals surface area contributed by atoms with Crippen molar-refractivity contribution in [1.29, 1.82) is 0 Å². The van der Waals surface area contributed by atoms with Gasteiger partial charge in [-0.25, -0.2) is 4.79 Å². The second-order valence-electron chi connectivity index (χ2n) is 7.43. The molecule has 2 aromatic rings. The fraction of sp³-hybridized carbons (Fsp3) is 0.364. The highest BCUT2D eigenvalue weighted by Gasteiger charge is 2.26. The van der Waals surface area contributed by atoms with Gasteiger partial charge in [0.15, 0.2) is 0 Å². The molecular formula is C22H28N2O4S. The zero-order valence-electron chi connectivity index (χ0n) is 17.0. The first-order valence-corrected chi connectivity index (χ1v) is 10.5.